The third kappa shape index (κ3) is 4.41. The van der Waals surface area contributed by atoms with Crippen molar-refractivity contribution in [2.45, 2.75) is 18.7 Å². The highest BCUT2D eigenvalue weighted by atomic mass is 32.2. The molecule has 0 bridgehead atoms. The summed E-state index contributed by atoms with van der Waals surface area (Å²) < 4.78 is 39.7. The average Bonchev–Trinajstić information content (AvgIpc) is 2.56. The Morgan fingerprint density at radius 2 is 1.81 bits per heavy atom. The van der Waals surface area contributed by atoms with Gasteiger partial charge in [0.2, 0.25) is 21.7 Å². The van der Waals surface area contributed by atoms with Gasteiger partial charge in [-0.1, -0.05) is 18.2 Å². The molecular formula is C16H16FN3O5S. The van der Waals surface area contributed by atoms with E-state index < -0.39 is 43.8 Å². The summed E-state index contributed by atoms with van der Waals surface area (Å²) in [5.41, 5.74) is 1.24. The smallest absolute Gasteiger partial charge is 0.306 e. The molecule has 0 saturated heterocycles. The van der Waals surface area contributed by atoms with Gasteiger partial charge >= 0.3 is 5.69 Å². The summed E-state index contributed by atoms with van der Waals surface area (Å²) in [7, 11) is -4.22. The number of nitrogens with one attached hydrogen (secondary N) is 2. The van der Waals surface area contributed by atoms with Crippen LogP contribution in [0.15, 0.2) is 41.3 Å². The van der Waals surface area contributed by atoms with Crippen LogP contribution < -0.4 is 10.0 Å². The van der Waals surface area contributed by atoms with Crippen molar-refractivity contribution in [1.82, 2.24) is 4.72 Å². The molecule has 10 heteroatoms. The summed E-state index contributed by atoms with van der Waals surface area (Å²) in [6.45, 7) is 3.01. The number of para-hydroxylation sites is 1. The Kier molecular flexibility index (Phi) is 5.68. The van der Waals surface area contributed by atoms with Gasteiger partial charge in [0.15, 0.2) is 0 Å². The van der Waals surface area contributed by atoms with Crippen LogP contribution in [-0.4, -0.2) is 25.8 Å². The number of nitro groups is 1. The first-order valence-corrected chi connectivity index (χ1v) is 8.90. The number of sulfonamides is 1. The molecule has 0 saturated carbocycles. The van der Waals surface area contributed by atoms with E-state index in [0.29, 0.717) is 17.8 Å². The molecule has 0 aliphatic rings. The highest BCUT2D eigenvalue weighted by Gasteiger charge is 2.22. The number of amides is 1. The Morgan fingerprint density at radius 3 is 2.38 bits per heavy atom. The minimum atomic E-state index is -4.22. The van der Waals surface area contributed by atoms with Gasteiger partial charge in [-0.3, -0.25) is 14.9 Å². The van der Waals surface area contributed by atoms with E-state index in [4.69, 9.17) is 0 Å². The van der Waals surface area contributed by atoms with E-state index in [1.165, 1.54) is 0 Å². The van der Waals surface area contributed by atoms with E-state index in [1.807, 2.05) is 10.8 Å². The number of hydrogen-bond acceptors (Lipinski definition) is 5. The lowest BCUT2D eigenvalue weighted by Gasteiger charge is -2.12. The van der Waals surface area contributed by atoms with Crippen LogP contribution in [0.4, 0.5) is 15.8 Å². The van der Waals surface area contributed by atoms with Gasteiger partial charge in [-0.25, -0.2) is 13.1 Å². The van der Waals surface area contributed by atoms with Crippen molar-refractivity contribution in [2.24, 2.45) is 0 Å². The quantitative estimate of drug-likeness (QED) is 0.588. The molecule has 0 aliphatic carbocycles. The van der Waals surface area contributed by atoms with E-state index in [2.05, 4.69) is 5.32 Å². The Hall–Kier alpha value is -2.85. The third-order valence-corrected chi connectivity index (χ3v) is 4.99. The zero-order valence-electron chi connectivity index (χ0n) is 13.9. The van der Waals surface area contributed by atoms with Crippen molar-refractivity contribution in [3.63, 3.8) is 0 Å². The van der Waals surface area contributed by atoms with Crippen LogP contribution in [0.1, 0.15) is 11.1 Å². The molecule has 0 spiro atoms. The molecular weight excluding hydrogens is 365 g/mol. The maximum absolute atomic E-state index is 13.3. The van der Waals surface area contributed by atoms with Crippen molar-refractivity contribution in [3.05, 3.63) is 63.5 Å². The van der Waals surface area contributed by atoms with Crippen LogP contribution in [-0.2, 0) is 14.8 Å². The normalized spacial score (nSPS) is 11.2. The Morgan fingerprint density at radius 1 is 1.19 bits per heavy atom. The molecule has 0 unspecified atom stereocenters. The Bertz CT molecular complexity index is 956. The number of anilines is 1. The van der Waals surface area contributed by atoms with Crippen molar-refractivity contribution >= 4 is 27.3 Å². The molecule has 2 aromatic rings. The molecule has 0 atom stereocenters. The standard InChI is InChI=1S/C16H16FN3O5S/c1-10-4-3-5-11(2)16(10)19-15(21)9-18-26(24,25)12-6-7-13(17)14(8-12)20(22)23/h3-8,18H,9H2,1-2H3,(H,19,21). The number of halogens is 1. The maximum atomic E-state index is 13.3. The molecule has 2 aromatic carbocycles. The minimum Gasteiger partial charge on any atom is -0.324 e. The van der Waals surface area contributed by atoms with Crippen molar-refractivity contribution in [1.29, 1.82) is 0 Å². The van der Waals surface area contributed by atoms with Gasteiger partial charge < -0.3 is 5.32 Å². The van der Waals surface area contributed by atoms with E-state index in [0.717, 1.165) is 17.2 Å². The molecule has 0 fully saturated rings. The van der Waals surface area contributed by atoms with Crippen molar-refractivity contribution in [2.75, 3.05) is 11.9 Å². The second-order valence-electron chi connectivity index (χ2n) is 5.51. The van der Waals surface area contributed by atoms with E-state index in [9.17, 15) is 27.7 Å². The monoisotopic (exact) mass is 381 g/mol. The summed E-state index contributed by atoms with van der Waals surface area (Å²) >= 11 is 0. The number of carbonyl (C=O) groups is 1. The number of benzene rings is 2. The first kappa shape index (κ1) is 19.5. The molecule has 1 amide bonds. The van der Waals surface area contributed by atoms with E-state index in [-0.39, 0.29) is 0 Å². The van der Waals surface area contributed by atoms with E-state index in [1.54, 1.807) is 26.0 Å². The van der Waals surface area contributed by atoms with Crippen molar-refractivity contribution in [3.8, 4) is 0 Å². The van der Waals surface area contributed by atoms with Crippen LogP contribution >= 0.6 is 0 Å². The number of nitro benzene ring substituents is 1. The highest BCUT2D eigenvalue weighted by molar-refractivity contribution is 7.89. The van der Waals surface area contributed by atoms with Gasteiger partial charge in [0.1, 0.15) is 0 Å². The SMILES string of the molecule is Cc1cccc(C)c1NC(=O)CNS(=O)(=O)c1ccc(F)c([N+](=O)[O-])c1. The molecule has 2 N–H and O–H groups in total. The van der Waals surface area contributed by atoms with Crippen LogP contribution in [0.2, 0.25) is 0 Å². The predicted octanol–water partition coefficient (Wildman–Crippen LogP) is 2.27. The Balaban J connectivity index is 2.12. The predicted molar refractivity (Wildman–Crippen MR) is 92.8 cm³/mol. The van der Waals surface area contributed by atoms with Crippen LogP contribution in [0.3, 0.4) is 0 Å². The van der Waals surface area contributed by atoms with Gasteiger partial charge in [-0.15, -0.1) is 0 Å². The second-order valence-corrected chi connectivity index (χ2v) is 7.28. The minimum absolute atomic E-state index is 0.509. The largest absolute Gasteiger partial charge is 0.324 e. The van der Waals surface area contributed by atoms with Crippen molar-refractivity contribution < 1.29 is 22.5 Å². The molecule has 8 nitrogen and oxygen atoms in total. The van der Waals surface area contributed by atoms with Crippen LogP contribution in [0, 0.1) is 29.8 Å². The summed E-state index contributed by atoms with van der Waals surface area (Å²) in [6, 6.07) is 7.58. The summed E-state index contributed by atoms with van der Waals surface area (Å²) in [4.78, 5) is 21.2. The number of nitrogens with zero attached hydrogens (tertiary/aromatic N) is 1. The molecule has 26 heavy (non-hydrogen) atoms. The van der Waals surface area contributed by atoms with Gasteiger partial charge in [-0.05, 0) is 37.1 Å². The average molecular weight is 381 g/mol. The van der Waals surface area contributed by atoms with Crippen LogP contribution in [0.25, 0.3) is 0 Å². The van der Waals surface area contributed by atoms with Gasteiger partial charge in [0.05, 0.1) is 16.4 Å². The summed E-state index contributed by atoms with van der Waals surface area (Å²) in [5.74, 6) is -1.76. The fourth-order valence-electron chi connectivity index (χ4n) is 2.24. The topological polar surface area (TPSA) is 118 Å². The summed E-state index contributed by atoms with van der Waals surface area (Å²) in [6.07, 6.45) is 0. The lowest BCUT2D eigenvalue weighted by atomic mass is 10.1. The van der Waals surface area contributed by atoms with Gasteiger partial charge in [0.25, 0.3) is 0 Å². The molecule has 0 radical (unpaired) electrons. The zero-order valence-corrected chi connectivity index (χ0v) is 14.8. The number of carbonyl (C=O) groups excluding carboxylic acids is 1. The van der Waals surface area contributed by atoms with Gasteiger partial charge in [-0.2, -0.15) is 4.39 Å². The lowest BCUT2D eigenvalue weighted by molar-refractivity contribution is -0.387. The maximum Gasteiger partial charge on any atom is 0.306 e. The number of aryl methyl sites for hydroxylation is 2. The van der Waals surface area contributed by atoms with E-state index >= 15 is 0 Å². The lowest BCUT2D eigenvalue weighted by Crippen LogP contribution is -2.33. The zero-order chi connectivity index (χ0) is 19.5. The number of rotatable bonds is 6. The number of hydrogen-bond donors (Lipinski definition) is 2. The first-order valence-electron chi connectivity index (χ1n) is 7.41. The van der Waals surface area contributed by atoms with Gasteiger partial charge in [0, 0.05) is 11.8 Å². The first-order chi connectivity index (χ1) is 12.1. The summed E-state index contributed by atoms with van der Waals surface area (Å²) in [5, 5.41) is 13.3. The third-order valence-electron chi connectivity index (χ3n) is 3.59. The fourth-order valence-corrected chi connectivity index (χ4v) is 3.24. The fraction of sp³-hybridized carbons (Fsp3) is 0.188. The Labute approximate surface area is 149 Å². The molecule has 138 valence electrons. The second kappa shape index (κ2) is 7.58. The highest BCUT2D eigenvalue weighted by Crippen LogP contribution is 2.22. The molecule has 0 aromatic heterocycles. The van der Waals surface area contributed by atoms with Crippen LogP contribution in [0.5, 0.6) is 0 Å². The molecule has 0 aliphatic heterocycles. The molecule has 0 heterocycles. The molecule has 2 rings (SSSR count).